The largest absolute Gasteiger partial charge is 0.346 e. The molecule has 7 nitrogen and oxygen atoms in total. The van der Waals surface area contributed by atoms with Gasteiger partial charge in [-0.3, -0.25) is 9.89 Å². The van der Waals surface area contributed by atoms with Gasteiger partial charge in [-0.25, -0.2) is 9.97 Å². The Morgan fingerprint density at radius 2 is 1.96 bits per heavy atom. The van der Waals surface area contributed by atoms with Crippen molar-refractivity contribution in [1.29, 1.82) is 0 Å². The predicted molar refractivity (Wildman–Crippen MR) is 106 cm³/mol. The van der Waals surface area contributed by atoms with Crippen molar-refractivity contribution in [1.82, 2.24) is 25.1 Å². The van der Waals surface area contributed by atoms with Gasteiger partial charge >= 0.3 is 0 Å². The molecule has 0 atom stereocenters. The number of carbonyl (C=O) groups excluding carboxylic acids is 1. The van der Waals surface area contributed by atoms with Gasteiger partial charge in [0.15, 0.2) is 10.8 Å². The van der Waals surface area contributed by atoms with E-state index in [4.69, 9.17) is 4.98 Å². The second-order valence-electron chi connectivity index (χ2n) is 6.60. The zero-order valence-electron chi connectivity index (χ0n) is 14.6. The van der Waals surface area contributed by atoms with Crippen molar-refractivity contribution in [3.8, 4) is 0 Å². The number of para-hydroxylation sites is 1. The minimum absolute atomic E-state index is 0.0300. The number of nitrogens with zero attached hydrogens (tertiary/aromatic N) is 5. The van der Waals surface area contributed by atoms with E-state index in [0.29, 0.717) is 17.9 Å². The summed E-state index contributed by atoms with van der Waals surface area (Å²) in [5.74, 6) is -0.0300. The average Bonchev–Trinajstić information content (AvgIpc) is 3.27. The second kappa shape index (κ2) is 6.62. The number of thiazole rings is 1. The van der Waals surface area contributed by atoms with Crippen LogP contribution in [0.4, 0.5) is 5.13 Å². The van der Waals surface area contributed by atoms with Crippen LogP contribution >= 0.6 is 11.3 Å². The van der Waals surface area contributed by atoms with E-state index in [-0.39, 0.29) is 5.91 Å². The summed E-state index contributed by atoms with van der Waals surface area (Å²) in [5, 5.41) is 8.73. The van der Waals surface area contributed by atoms with E-state index in [1.165, 1.54) is 4.70 Å². The number of anilines is 1. The van der Waals surface area contributed by atoms with E-state index >= 15 is 0 Å². The first-order valence-electron chi connectivity index (χ1n) is 8.98. The molecular formula is C19H18N6OS. The fourth-order valence-corrected chi connectivity index (χ4v) is 4.43. The number of hydrogen-bond acceptors (Lipinski definition) is 6. The molecule has 1 saturated heterocycles. The summed E-state index contributed by atoms with van der Waals surface area (Å²) in [5.41, 5.74) is 2.14. The molecule has 0 spiro atoms. The van der Waals surface area contributed by atoms with Crippen molar-refractivity contribution in [2.24, 2.45) is 0 Å². The molecule has 4 aromatic rings. The van der Waals surface area contributed by atoms with Crippen LogP contribution in [-0.2, 0) is 0 Å². The van der Waals surface area contributed by atoms with Crippen LogP contribution in [0.1, 0.15) is 16.9 Å². The number of rotatable bonds is 2. The quantitative estimate of drug-likeness (QED) is 0.580. The van der Waals surface area contributed by atoms with E-state index < -0.39 is 0 Å². The SMILES string of the molecule is O=C(c1ccc2cn[nH]c2n1)N1CCCN(c2nc3ccccc3s2)CC1. The number of carbonyl (C=O) groups is 1. The molecule has 4 heterocycles. The van der Waals surface area contributed by atoms with Crippen LogP contribution in [0.15, 0.2) is 42.6 Å². The molecule has 1 amide bonds. The Balaban J connectivity index is 1.33. The number of pyridine rings is 1. The normalized spacial score (nSPS) is 15.4. The van der Waals surface area contributed by atoms with Gasteiger partial charge in [0, 0.05) is 31.6 Å². The standard InChI is InChI=1S/C19H18N6OS/c26-18(15-7-6-13-12-20-23-17(13)21-15)24-8-3-9-25(11-10-24)19-22-14-4-1-2-5-16(14)27-19/h1-2,4-7,12H,3,8-11H2,(H,20,21,23). The molecule has 1 aliphatic heterocycles. The summed E-state index contributed by atoms with van der Waals surface area (Å²) in [6.07, 6.45) is 2.62. The first kappa shape index (κ1) is 16.2. The lowest BCUT2D eigenvalue weighted by molar-refractivity contribution is 0.0761. The van der Waals surface area contributed by atoms with Crippen molar-refractivity contribution < 1.29 is 4.79 Å². The fourth-order valence-electron chi connectivity index (χ4n) is 3.41. The van der Waals surface area contributed by atoms with Crippen LogP contribution < -0.4 is 4.90 Å². The maximum absolute atomic E-state index is 12.9. The maximum atomic E-state index is 12.9. The molecule has 1 aromatic carbocycles. The molecule has 0 aliphatic carbocycles. The van der Waals surface area contributed by atoms with Gasteiger partial charge < -0.3 is 9.80 Å². The van der Waals surface area contributed by atoms with Gasteiger partial charge in [0.2, 0.25) is 0 Å². The Bertz CT molecular complexity index is 1090. The highest BCUT2D eigenvalue weighted by atomic mass is 32.1. The lowest BCUT2D eigenvalue weighted by Crippen LogP contribution is -2.35. The summed E-state index contributed by atoms with van der Waals surface area (Å²) in [4.78, 5) is 26.2. The molecule has 5 rings (SSSR count). The van der Waals surface area contributed by atoms with Crippen molar-refractivity contribution in [2.45, 2.75) is 6.42 Å². The van der Waals surface area contributed by atoms with E-state index in [1.54, 1.807) is 23.6 Å². The van der Waals surface area contributed by atoms with E-state index in [9.17, 15) is 4.79 Å². The van der Waals surface area contributed by atoms with Gasteiger partial charge in [-0.05, 0) is 30.7 Å². The predicted octanol–water partition coefficient (Wildman–Crippen LogP) is 2.92. The van der Waals surface area contributed by atoms with Crippen LogP contribution in [0.3, 0.4) is 0 Å². The fraction of sp³-hybridized carbons (Fsp3) is 0.263. The highest BCUT2D eigenvalue weighted by Crippen LogP contribution is 2.29. The number of benzene rings is 1. The lowest BCUT2D eigenvalue weighted by Gasteiger charge is -2.21. The molecule has 0 unspecified atom stereocenters. The first-order valence-corrected chi connectivity index (χ1v) is 9.79. The van der Waals surface area contributed by atoms with Gasteiger partial charge in [0.1, 0.15) is 5.69 Å². The highest BCUT2D eigenvalue weighted by molar-refractivity contribution is 7.22. The maximum Gasteiger partial charge on any atom is 0.272 e. The van der Waals surface area contributed by atoms with Crippen LogP contribution in [0.2, 0.25) is 0 Å². The number of nitrogens with one attached hydrogen (secondary N) is 1. The molecule has 8 heteroatoms. The summed E-state index contributed by atoms with van der Waals surface area (Å²) in [7, 11) is 0. The molecule has 27 heavy (non-hydrogen) atoms. The van der Waals surface area contributed by atoms with Gasteiger partial charge in [-0.1, -0.05) is 23.5 Å². The zero-order chi connectivity index (χ0) is 18.2. The lowest BCUT2D eigenvalue weighted by atomic mass is 10.2. The zero-order valence-corrected chi connectivity index (χ0v) is 15.4. The topological polar surface area (TPSA) is 78.0 Å². The van der Waals surface area contributed by atoms with Gasteiger partial charge in [0.05, 0.1) is 16.4 Å². The molecule has 1 fully saturated rings. The first-order chi connectivity index (χ1) is 13.3. The summed E-state index contributed by atoms with van der Waals surface area (Å²) in [6, 6.07) is 11.8. The monoisotopic (exact) mass is 378 g/mol. The smallest absolute Gasteiger partial charge is 0.272 e. The summed E-state index contributed by atoms with van der Waals surface area (Å²) < 4.78 is 1.20. The van der Waals surface area contributed by atoms with E-state index in [2.05, 4.69) is 26.1 Å². The number of fused-ring (bicyclic) bond motifs is 2. The molecule has 1 N–H and O–H groups in total. The second-order valence-corrected chi connectivity index (χ2v) is 7.61. The van der Waals surface area contributed by atoms with Crippen LogP contribution in [0.5, 0.6) is 0 Å². The number of H-pyrrole nitrogens is 1. The Morgan fingerprint density at radius 1 is 1.04 bits per heavy atom. The van der Waals surface area contributed by atoms with Crippen LogP contribution in [0.25, 0.3) is 21.3 Å². The van der Waals surface area contributed by atoms with E-state index in [0.717, 1.165) is 42.1 Å². The third-order valence-electron chi connectivity index (χ3n) is 4.86. The molecular weight excluding hydrogens is 360 g/mol. The molecule has 1 aliphatic rings. The van der Waals surface area contributed by atoms with E-state index in [1.807, 2.05) is 29.2 Å². The third kappa shape index (κ3) is 3.02. The van der Waals surface area contributed by atoms with Crippen LogP contribution in [0, 0.1) is 0 Å². The molecule has 0 radical (unpaired) electrons. The minimum Gasteiger partial charge on any atom is -0.346 e. The van der Waals surface area contributed by atoms with Crippen molar-refractivity contribution in [3.05, 3.63) is 48.3 Å². The third-order valence-corrected chi connectivity index (χ3v) is 5.95. The van der Waals surface area contributed by atoms with Gasteiger partial charge in [0.25, 0.3) is 5.91 Å². The minimum atomic E-state index is -0.0300. The number of hydrogen-bond donors (Lipinski definition) is 1. The van der Waals surface area contributed by atoms with Crippen LogP contribution in [-0.4, -0.2) is 57.2 Å². The summed E-state index contributed by atoms with van der Waals surface area (Å²) >= 11 is 1.71. The van der Waals surface area contributed by atoms with Gasteiger partial charge in [-0.15, -0.1) is 0 Å². The average molecular weight is 378 g/mol. The molecule has 0 bridgehead atoms. The Hall–Kier alpha value is -3.00. The molecule has 0 saturated carbocycles. The molecule has 3 aromatic heterocycles. The summed E-state index contributed by atoms with van der Waals surface area (Å²) in [6.45, 7) is 3.06. The van der Waals surface area contributed by atoms with Crippen molar-refractivity contribution in [3.63, 3.8) is 0 Å². The molecule has 136 valence electrons. The number of amides is 1. The van der Waals surface area contributed by atoms with Crippen molar-refractivity contribution >= 4 is 43.6 Å². The Kier molecular flexibility index (Phi) is 3.97. The number of aromatic amines is 1. The number of aromatic nitrogens is 4. The Morgan fingerprint density at radius 3 is 2.89 bits per heavy atom. The van der Waals surface area contributed by atoms with Crippen molar-refractivity contribution in [2.75, 3.05) is 31.1 Å². The van der Waals surface area contributed by atoms with Gasteiger partial charge in [-0.2, -0.15) is 5.10 Å². The highest BCUT2D eigenvalue weighted by Gasteiger charge is 2.23. The Labute approximate surface area is 159 Å².